The van der Waals surface area contributed by atoms with Gasteiger partial charge in [-0.25, -0.2) is 0 Å². The monoisotopic (exact) mass is 834 g/mol. The Morgan fingerprint density at radius 1 is 0.469 bits per heavy atom. The van der Waals surface area contributed by atoms with Crippen molar-refractivity contribution in [1.29, 1.82) is 0 Å². The molecule has 4 heteroatoms. The first-order valence-electron chi connectivity index (χ1n) is 22.6. The average molecular weight is 835 g/mol. The van der Waals surface area contributed by atoms with E-state index in [0.717, 1.165) is 0 Å². The first kappa shape index (κ1) is 36.4. The highest BCUT2D eigenvalue weighted by Crippen LogP contribution is 2.65. The number of anilines is 5. The zero-order valence-corrected chi connectivity index (χ0v) is 37.1. The number of fused-ring (bicyclic) bond motifs is 17. The second kappa shape index (κ2) is 12.7. The quantitative estimate of drug-likeness (QED) is 0.160. The molecule has 64 heavy (non-hydrogen) atoms. The third kappa shape index (κ3) is 4.56. The van der Waals surface area contributed by atoms with Crippen LogP contribution in [0.2, 0.25) is 0 Å². The van der Waals surface area contributed by atoms with E-state index in [1.54, 1.807) is 0 Å². The Morgan fingerprint density at radius 2 is 1.12 bits per heavy atom. The highest BCUT2D eigenvalue weighted by Gasteiger charge is 2.56. The van der Waals surface area contributed by atoms with E-state index < -0.39 is 5.41 Å². The van der Waals surface area contributed by atoms with Crippen LogP contribution in [-0.2, 0) is 10.8 Å². The molecule has 0 saturated carbocycles. The predicted octanol–water partition coefficient (Wildman–Crippen LogP) is 14.7. The first-order valence-corrected chi connectivity index (χ1v) is 23.4. The summed E-state index contributed by atoms with van der Waals surface area (Å²) in [5, 5.41) is 2.68. The van der Waals surface area contributed by atoms with Crippen LogP contribution in [0, 0.1) is 6.92 Å². The van der Waals surface area contributed by atoms with Crippen LogP contribution in [0.5, 0.6) is 0 Å². The number of hydrogen-bond acceptors (Lipinski definition) is 3. The lowest BCUT2D eigenvalue weighted by atomic mass is 9.41. The highest BCUT2D eigenvalue weighted by molar-refractivity contribution is 7.26. The van der Waals surface area contributed by atoms with Crippen molar-refractivity contribution < 1.29 is 0 Å². The van der Waals surface area contributed by atoms with Gasteiger partial charge in [-0.3, -0.25) is 0 Å². The minimum absolute atomic E-state index is 0.0159. The molecule has 0 unspecified atom stereocenters. The van der Waals surface area contributed by atoms with Crippen LogP contribution in [0.4, 0.5) is 28.4 Å². The van der Waals surface area contributed by atoms with Crippen molar-refractivity contribution in [3.8, 4) is 33.4 Å². The maximum absolute atomic E-state index is 2.78. The zero-order chi connectivity index (χ0) is 42.6. The second-order valence-electron chi connectivity index (χ2n) is 19.2. The second-order valence-corrected chi connectivity index (χ2v) is 20.3. The maximum atomic E-state index is 2.78. The predicted molar refractivity (Wildman–Crippen MR) is 273 cm³/mol. The van der Waals surface area contributed by atoms with Crippen molar-refractivity contribution in [3.05, 3.63) is 221 Å². The summed E-state index contributed by atoms with van der Waals surface area (Å²) in [6.45, 7) is 9.15. The fourth-order valence-electron chi connectivity index (χ4n) is 12.3. The van der Waals surface area contributed by atoms with E-state index in [9.17, 15) is 0 Å². The normalized spacial score (nSPS) is 14.6. The van der Waals surface area contributed by atoms with Gasteiger partial charge >= 0.3 is 6.85 Å². The van der Waals surface area contributed by atoms with E-state index in [1.807, 2.05) is 11.3 Å². The van der Waals surface area contributed by atoms with Gasteiger partial charge in [0.15, 0.2) is 0 Å². The molecular formula is C60H43BN2S. The van der Waals surface area contributed by atoms with Crippen LogP contribution in [0.1, 0.15) is 54.2 Å². The number of thiophene rings is 1. The summed E-state index contributed by atoms with van der Waals surface area (Å²) < 4.78 is 2.64. The number of benzene rings is 9. The van der Waals surface area contributed by atoms with Crippen molar-refractivity contribution in [1.82, 2.24) is 0 Å². The Morgan fingerprint density at radius 3 is 1.91 bits per heavy atom. The molecule has 10 aromatic rings. The molecule has 0 amide bonds. The number of para-hydroxylation sites is 2. The molecule has 0 fully saturated rings. The lowest BCUT2D eigenvalue weighted by Crippen LogP contribution is -2.63. The highest BCUT2D eigenvalue weighted by atomic mass is 32.1. The topological polar surface area (TPSA) is 6.48 Å². The largest absolute Gasteiger partial charge is 0.376 e. The Kier molecular flexibility index (Phi) is 7.24. The molecule has 0 saturated heterocycles. The molecule has 2 nitrogen and oxygen atoms in total. The number of rotatable bonds is 2. The van der Waals surface area contributed by atoms with Crippen molar-refractivity contribution >= 4 is 77.7 Å². The molecule has 1 aromatic heterocycles. The van der Waals surface area contributed by atoms with E-state index in [-0.39, 0.29) is 12.3 Å². The van der Waals surface area contributed by atoms with E-state index >= 15 is 0 Å². The van der Waals surface area contributed by atoms with Gasteiger partial charge in [-0.1, -0.05) is 166 Å². The molecule has 9 aromatic carbocycles. The van der Waals surface area contributed by atoms with Gasteiger partial charge in [0.1, 0.15) is 0 Å². The van der Waals surface area contributed by atoms with Gasteiger partial charge in [0.25, 0.3) is 0 Å². The van der Waals surface area contributed by atoms with Gasteiger partial charge in [-0.15, -0.1) is 11.3 Å². The van der Waals surface area contributed by atoms with Gasteiger partial charge in [0, 0.05) is 43.3 Å². The zero-order valence-electron chi connectivity index (χ0n) is 36.3. The summed E-state index contributed by atoms with van der Waals surface area (Å²) in [5.41, 5.74) is 24.2. The maximum Gasteiger partial charge on any atom is 0.333 e. The van der Waals surface area contributed by atoms with Crippen molar-refractivity contribution in [2.24, 2.45) is 0 Å². The smallest absolute Gasteiger partial charge is 0.333 e. The first-order chi connectivity index (χ1) is 31.3. The fraction of sp³-hybridized carbons (Fsp3) is 0.100. The minimum atomic E-state index is -0.486. The molecule has 0 bridgehead atoms. The van der Waals surface area contributed by atoms with Crippen LogP contribution >= 0.6 is 11.3 Å². The molecule has 3 aliphatic heterocycles. The van der Waals surface area contributed by atoms with Gasteiger partial charge in [0.2, 0.25) is 0 Å². The van der Waals surface area contributed by atoms with Crippen LogP contribution in [-0.4, -0.2) is 6.85 Å². The molecule has 4 aliphatic rings. The van der Waals surface area contributed by atoms with Crippen molar-refractivity contribution in [2.75, 3.05) is 9.71 Å². The summed E-state index contributed by atoms with van der Waals surface area (Å²) in [5.74, 6) is 0. The summed E-state index contributed by atoms with van der Waals surface area (Å²) in [7, 11) is 0. The van der Waals surface area contributed by atoms with Crippen molar-refractivity contribution in [2.45, 2.75) is 38.5 Å². The minimum Gasteiger partial charge on any atom is -0.376 e. The Bertz CT molecular complexity index is 3600. The summed E-state index contributed by atoms with van der Waals surface area (Å²) in [6.07, 6.45) is 0. The molecule has 0 N–H and O–H groups in total. The van der Waals surface area contributed by atoms with Crippen LogP contribution in [0.25, 0.3) is 53.6 Å². The van der Waals surface area contributed by atoms with Gasteiger partial charge in [-0.2, -0.15) is 0 Å². The third-order valence-corrected chi connectivity index (χ3v) is 16.0. The third-order valence-electron chi connectivity index (χ3n) is 14.8. The molecule has 1 aliphatic carbocycles. The molecular weight excluding hydrogens is 792 g/mol. The lowest BCUT2D eigenvalue weighted by Gasteiger charge is -2.52. The number of hydrogen-bond donors (Lipinski definition) is 0. The summed E-state index contributed by atoms with van der Waals surface area (Å²) in [4.78, 5) is 5.41. The standard InChI is InChI=1S/C60H43BN2S/c1-36-33-44-41-22-16-26-48-58(41)63(50-27-14-13-25-47(50)60(48)45-23-11-8-19-39(45)40-20-9-12-24-46(40)60)61-56(44)52(34-36)62(51-31-32-54-55(57(51)61)42-21-10-15-28-53(42)64-54)49-30-29-38(59(2,3)4)35-43(49)37-17-6-5-7-18-37/h5-35H,1-4H3. The SMILES string of the molecule is Cc1cc2c3c(c1)N(c1ccc(C(C)(C)C)cc1-c1ccccc1)c1ccc4sc5ccccc5c4c1B3N1c3ccccc3C3(c4ccccc4-c4ccccc43)c3cccc-2c31. The van der Waals surface area contributed by atoms with Crippen LogP contribution in [0.3, 0.4) is 0 Å². The molecule has 302 valence electrons. The molecule has 1 spiro atoms. The van der Waals surface area contributed by atoms with Gasteiger partial charge < -0.3 is 9.71 Å². The molecule has 4 heterocycles. The average Bonchev–Trinajstić information content (AvgIpc) is 3.85. The number of aryl methyl sites for hydroxylation is 1. The van der Waals surface area contributed by atoms with E-state index in [4.69, 9.17) is 0 Å². The molecule has 14 rings (SSSR count). The van der Waals surface area contributed by atoms with Crippen LogP contribution < -0.4 is 20.6 Å². The summed E-state index contributed by atoms with van der Waals surface area (Å²) in [6, 6.07) is 72.0. The Balaban J connectivity index is 1.16. The van der Waals surface area contributed by atoms with Gasteiger partial charge in [0.05, 0.1) is 11.1 Å². The summed E-state index contributed by atoms with van der Waals surface area (Å²) >= 11 is 1.91. The fourth-order valence-corrected chi connectivity index (χ4v) is 13.4. The van der Waals surface area contributed by atoms with E-state index in [1.165, 1.54) is 126 Å². The van der Waals surface area contributed by atoms with Crippen LogP contribution in [0.15, 0.2) is 188 Å². The molecule has 0 atom stereocenters. The van der Waals surface area contributed by atoms with Gasteiger partial charge in [-0.05, 0) is 132 Å². The van der Waals surface area contributed by atoms with E-state index in [2.05, 4.69) is 225 Å². The lowest BCUT2D eigenvalue weighted by molar-refractivity contribution is 0.590. The Hall–Kier alpha value is -7.14. The van der Waals surface area contributed by atoms with E-state index in [0.29, 0.717) is 0 Å². The molecule has 0 radical (unpaired) electrons. The number of nitrogens with zero attached hydrogens (tertiary/aromatic N) is 2. The Labute approximate surface area is 378 Å². The van der Waals surface area contributed by atoms with Crippen molar-refractivity contribution in [3.63, 3.8) is 0 Å².